The number of amides is 1. The fourth-order valence-electron chi connectivity index (χ4n) is 2.19. The van der Waals surface area contributed by atoms with Crippen LogP contribution in [0.4, 0.5) is 14.5 Å². The summed E-state index contributed by atoms with van der Waals surface area (Å²) in [6.45, 7) is 0. The normalized spacial score (nSPS) is 10.6. The quantitative estimate of drug-likeness (QED) is 0.744. The first-order valence-electron chi connectivity index (χ1n) is 7.40. The van der Waals surface area contributed by atoms with Crippen LogP contribution in [0.15, 0.2) is 52.1 Å². The fraction of sp³-hybridized carbons (Fsp3) is 0.118. The standard InChI is InChI=1S/C17H13F2N3O3/c18-10-1-2-11(12(19)7-10)15-9-21-17(25-15)4-3-16(24)22-13-8-20-6-5-14(13)23/h1-2,5-9H,3-4H2,(H,20,23)(H,22,24). The summed E-state index contributed by atoms with van der Waals surface area (Å²) in [5.41, 5.74) is -0.0771. The van der Waals surface area contributed by atoms with Gasteiger partial charge >= 0.3 is 0 Å². The van der Waals surface area contributed by atoms with Gasteiger partial charge in [0.15, 0.2) is 11.7 Å². The molecule has 2 N–H and O–H groups in total. The van der Waals surface area contributed by atoms with Crippen LogP contribution in [0.2, 0.25) is 0 Å². The van der Waals surface area contributed by atoms with Crippen LogP contribution in [0.3, 0.4) is 0 Å². The zero-order chi connectivity index (χ0) is 17.8. The molecule has 0 fully saturated rings. The summed E-state index contributed by atoms with van der Waals surface area (Å²) < 4.78 is 32.0. The van der Waals surface area contributed by atoms with Crippen molar-refractivity contribution in [2.75, 3.05) is 5.32 Å². The predicted molar refractivity (Wildman–Crippen MR) is 85.9 cm³/mol. The van der Waals surface area contributed by atoms with Gasteiger partial charge in [0, 0.05) is 37.4 Å². The van der Waals surface area contributed by atoms with E-state index in [9.17, 15) is 18.4 Å². The first-order valence-corrected chi connectivity index (χ1v) is 7.40. The molecule has 0 radical (unpaired) electrons. The summed E-state index contributed by atoms with van der Waals surface area (Å²) in [6, 6.07) is 4.42. The summed E-state index contributed by atoms with van der Waals surface area (Å²) in [6.07, 6.45) is 4.35. The van der Waals surface area contributed by atoms with Crippen LogP contribution in [-0.4, -0.2) is 15.9 Å². The van der Waals surface area contributed by atoms with Crippen LogP contribution in [-0.2, 0) is 11.2 Å². The summed E-state index contributed by atoms with van der Waals surface area (Å²) in [5, 5.41) is 2.48. The average molecular weight is 345 g/mol. The van der Waals surface area contributed by atoms with Gasteiger partial charge in [0.05, 0.1) is 11.8 Å². The lowest BCUT2D eigenvalue weighted by molar-refractivity contribution is -0.116. The van der Waals surface area contributed by atoms with Crippen LogP contribution >= 0.6 is 0 Å². The predicted octanol–water partition coefficient (Wildman–Crippen LogP) is 2.88. The minimum absolute atomic E-state index is 0.0280. The highest BCUT2D eigenvalue weighted by atomic mass is 19.1. The first kappa shape index (κ1) is 16.6. The van der Waals surface area contributed by atoms with Crippen molar-refractivity contribution in [2.45, 2.75) is 12.8 Å². The SMILES string of the molecule is O=C(CCc1ncc(-c2ccc(F)cc2F)o1)Nc1c[nH]ccc1=O. The van der Waals surface area contributed by atoms with E-state index in [1.165, 1.54) is 30.7 Å². The minimum atomic E-state index is -0.760. The molecule has 0 aliphatic heterocycles. The van der Waals surface area contributed by atoms with Crippen molar-refractivity contribution in [3.05, 3.63) is 70.6 Å². The van der Waals surface area contributed by atoms with Crippen LogP contribution in [0.1, 0.15) is 12.3 Å². The molecular formula is C17H13F2N3O3. The maximum absolute atomic E-state index is 13.7. The molecule has 25 heavy (non-hydrogen) atoms. The number of nitrogens with zero attached hydrogens (tertiary/aromatic N) is 1. The van der Waals surface area contributed by atoms with Crippen molar-refractivity contribution >= 4 is 11.6 Å². The molecule has 1 amide bonds. The molecule has 0 atom stereocenters. The number of pyridine rings is 1. The topological polar surface area (TPSA) is 88.0 Å². The molecule has 2 heterocycles. The Morgan fingerprint density at radius 3 is 2.88 bits per heavy atom. The number of benzene rings is 1. The van der Waals surface area contributed by atoms with Crippen LogP contribution in [0.5, 0.6) is 0 Å². The van der Waals surface area contributed by atoms with Gasteiger partial charge in [-0.1, -0.05) is 0 Å². The van der Waals surface area contributed by atoms with E-state index in [2.05, 4.69) is 15.3 Å². The molecule has 3 aromatic rings. The lowest BCUT2D eigenvalue weighted by atomic mass is 10.2. The van der Waals surface area contributed by atoms with E-state index in [1.807, 2.05) is 0 Å². The first-order chi connectivity index (χ1) is 12.0. The van der Waals surface area contributed by atoms with Gasteiger partial charge in [-0.3, -0.25) is 9.59 Å². The van der Waals surface area contributed by atoms with Gasteiger partial charge < -0.3 is 14.7 Å². The van der Waals surface area contributed by atoms with Gasteiger partial charge in [0.2, 0.25) is 11.3 Å². The lowest BCUT2D eigenvalue weighted by Gasteiger charge is -2.02. The Balaban J connectivity index is 1.63. The number of hydrogen-bond donors (Lipinski definition) is 2. The second kappa shape index (κ2) is 7.08. The second-order valence-corrected chi connectivity index (χ2v) is 5.21. The fourth-order valence-corrected chi connectivity index (χ4v) is 2.19. The molecule has 0 saturated carbocycles. The Morgan fingerprint density at radius 2 is 2.12 bits per heavy atom. The van der Waals surface area contributed by atoms with Gasteiger partial charge in [-0.05, 0) is 12.1 Å². The summed E-state index contributed by atoms with van der Waals surface area (Å²) in [5.74, 6) is -1.45. The van der Waals surface area contributed by atoms with E-state index in [4.69, 9.17) is 4.42 Å². The van der Waals surface area contributed by atoms with E-state index in [0.717, 1.165) is 12.1 Å². The number of carbonyl (C=O) groups excluding carboxylic acids is 1. The molecule has 1 aromatic carbocycles. The van der Waals surface area contributed by atoms with Crippen molar-refractivity contribution in [3.63, 3.8) is 0 Å². The highest BCUT2D eigenvalue weighted by Gasteiger charge is 2.13. The number of carbonyl (C=O) groups is 1. The molecular weight excluding hydrogens is 332 g/mol. The molecule has 0 bridgehead atoms. The number of nitrogens with one attached hydrogen (secondary N) is 2. The Labute approximate surface area is 140 Å². The van der Waals surface area contributed by atoms with Gasteiger partial charge in [0.25, 0.3) is 0 Å². The average Bonchev–Trinajstić information content (AvgIpc) is 3.04. The third kappa shape index (κ3) is 3.97. The van der Waals surface area contributed by atoms with Gasteiger partial charge in [-0.25, -0.2) is 13.8 Å². The highest BCUT2D eigenvalue weighted by Crippen LogP contribution is 2.24. The van der Waals surface area contributed by atoms with Gasteiger partial charge in [-0.2, -0.15) is 0 Å². The molecule has 3 rings (SSSR count). The van der Waals surface area contributed by atoms with Crippen molar-refractivity contribution < 1.29 is 18.0 Å². The maximum Gasteiger partial charge on any atom is 0.225 e. The van der Waals surface area contributed by atoms with Gasteiger partial charge in [-0.15, -0.1) is 0 Å². The van der Waals surface area contributed by atoms with Crippen LogP contribution < -0.4 is 10.7 Å². The summed E-state index contributed by atoms with van der Waals surface area (Å²) >= 11 is 0. The molecule has 6 nitrogen and oxygen atoms in total. The molecule has 128 valence electrons. The van der Waals surface area contributed by atoms with E-state index in [1.54, 1.807) is 0 Å². The number of anilines is 1. The molecule has 2 aromatic heterocycles. The number of hydrogen-bond acceptors (Lipinski definition) is 4. The van der Waals surface area contributed by atoms with E-state index in [-0.39, 0.29) is 47.1 Å². The molecule has 0 spiro atoms. The zero-order valence-electron chi connectivity index (χ0n) is 12.9. The molecule has 0 saturated heterocycles. The highest BCUT2D eigenvalue weighted by molar-refractivity contribution is 5.90. The van der Waals surface area contributed by atoms with Gasteiger partial charge in [0.1, 0.15) is 17.3 Å². The zero-order valence-corrected chi connectivity index (χ0v) is 12.9. The van der Waals surface area contributed by atoms with Crippen molar-refractivity contribution in [1.29, 1.82) is 0 Å². The molecule has 0 aliphatic rings. The van der Waals surface area contributed by atoms with Crippen LogP contribution in [0, 0.1) is 11.6 Å². The van der Waals surface area contributed by atoms with Crippen molar-refractivity contribution in [1.82, 2.24) is 9.97 Å². The monoisotopic (exact) mass is 345 g/mol. The third-order valence-electron chi connectivity index (χ3n) is 3.41. The second-order valence-electron chi connectivity index (χ2n) is 5.21. The third-order valence-corrected chi connectivity index (χ3v) is 3.41. The van der Waals surface area contributed by atoms with Crippen molar-refractivity contribution in [2.24, 2.45) is 0 Å². The molecule has 0 aliphatic carbocycles. The Kier molecular flexibility index (Phi) is 4.69. The maximum atomic E-state index is 13.7. The van der Waals surface area contributed by atoms with E-state index >= 15 is 0 Å². The number of oxazole rings is 1. The Morgan fingerprint density at radius 1 is 1.28 bits per heavy atom. The van der Waals surface area contributed by atoms with E-state index in [0.29, 0.717) is 0 Å². The summed E-state index contributed by atoms with van der Waals surface area (Å²) in [7, 11) is 0. The Bertz CT molecular complexity index is 966. The largest absolute Gasteiger partial charge is 0.441 e. The summed E-state index contributed by atoms with van der Waals surface area (Å²) in [4.78, 5) is 30.1. The molecule has 0 unspecified atom stereocenters. The number of halogens is 2. The number of aromatic nitrogens is 2. The lowest BCUT2D eigenvalue weighted by Crippen LogP contribution is -2.18. The van der Waals surface area contributed by atoms with E-state index < -0.39 is 11.6 Å². The van der Waals surface area contributed by atoms with Crippen molar-refractivity contribution in [3.8, 4) is 11.3 Å². The van der Waals surface area contributed by atoms with Crippen LogP contribution in [0.25, 0.3) is 11.3 Å². The number of H-pyrrole nitrogens is 1. The Hall–Kier alpha value is -3.29. The number of rotatable bonds is 5. The molecule has 8 heteroatoms. The number of aromatic amines is 1. The smallest absolute Gasteiger partial charge is 0.225 e. The number of aryl methyl sites for hydroxylation is 1. The minimum Gasteiger partial charge on any atom is -0.441 e.